The first kappa shape index (κ1) is 13.9. The second-order valence-corrected chi connectivity index (χ2v) is 7.63. The van der Waals surface area contributed by atoms with Gasteiger partial charge in [0.05, 0.1) is 0 Å². The quantitative estimate of drug-likeness (QED) is 0.791. The predicted octanol–water partition coefficient (Wildman–Crippen LogP) is 3.42. The van der Waals surface area contributed by atoms with Gasteiger partial charge in [0.15, 0.2) is 0 Å². The molecule has 19 heavy (non-hydrogen) atoms. The van der Waals surface area contributed by atoms with Gasteiger partial charge in [-0.15, -0.1) is 0 Å². The third kappa shape index (κ3) is 2.71. The second-order valence-electron chi connectivity index (χ2n) is 7.63. The van der Waals surface area contributed by atoms with E-state index in [1.165, 1.54) is 64.6 Å². The molecule has 1 unspecified atom stereocenters. The minimum Gasteiger partial charge on any atom is -0.308 e. The number of hydrogen-bond acceptors (Lipinski definition) is 2. The first-order valence-electron chi connectivity index (χ1n) is 8.62. The van der Waals surface area contributed by atoms with Crippen LogP contribution >= 0.6 is 0 Å². The normalized spacial score (nSPS) is 35.5. The lowest BCUT2D eigenvalue weighted by Crippen LogP contribution is -2.69. The average molecular weight is 264 g/mol. The Balaban J connectivity index is 1.69. The van der Waals surface area contributed by atoms with E-state index in [1.54, 1.807) is 0 Å². The molecule has 1 aliphatic heterocycles. The Bertz CT molecular complexity index is 315. The monoisotopic (exact) mass is 264 g/mol. The lowest BCUT2D eigenvalue weighted by atomic mass is 9.81. The molecule has 2 aliphatic carbocycles. The predicted molar refractivity (Wildman–Crippen MR) is 81.4 cm³/mol. The van der Waals surface area contributed by atoms with Crippen LogP contribution in [0.3, 0.4) is 0 Å². The van der Waals surface area contributed by atoms with Crippen LogP contribution in [0.1, 0.15) is 65.7 Å². The van der Waals surface area contributed by atoms with E-state index in [0.29, 0.717) is 11.1 Å². The molecule has 1 heterocycles. The summed E-state index contributed by atoms with van der Waals surface area (Å²) in [7, 11) is 0. The van der Waals surface area contributed by atoms with Crippen molar-refractivity contribution >= 4 is 0 Å². The summed E-state index contributed by atoms with van der Waals surface area (Å²) in [6, 6.07) is 0. The van der Waals surface area contributed by atoms with Gasteiger partial charge in [0.1, 0.15) is 0 Å². The highest BCUT2D eigenvalue weighted by atomic mass is 15.3. The van der Waals surface area contributed by atoms with Gasteiger partial charge in [0.25, 0.3) is 0 Å². The van der Waals surface area contributed by atoms with E-state index in [1.807, 2.05) is 0 Å². The van der Waals surface area contributed by atoms with Crippen LogP contribution in [0.2, 0.25) is 0 Å². The fourth-order valence-electron chi connectivity index (χ4n) is 4.10. The molecule has 0 aromatic rings. The zero-order valence-electron chi connectivity index (χ0n) is 13.2. The van der Waals surface area contributed by atoms with Gasteiger partial charge < -0.3 is 5.32 Å². The zero-order chi connectivity index (χ0) is 13.5. The maximum atomic E-state index is 3.94. The molecule has 0 spiro atoms. The summed E-state index contributed by atoms with van der Waals surface area (Å²) in [6.07, 6.45) is 9.93. The van der Waals surface area contributed by atoms with E-state index in [0.717, 1.165) is 11.8 Å². The molecular formula is C17H32N2. The maximum Gasteiger partial charge on any atom is 0.0329 e. The Morgan fingerprint density at radius 2 is 1.79 bits per heavy atom. The van der Waals surface area contributed by atoms with Gasteiger partial charge in [-0.1, -0.05) is 26.7 Å². The number of hydrogen-bond donors (Lipinski definition) is 1. The van der Waals surface area contributed by atoms with E-state index in [9.17, 15) is 0 Å². The van der Waals surface area contributed by atoms with Crippen molar-refractivity contribution in [3.05, 3.63) is 0 Å². The molecule has 1 atom stereocenters. The molecule has 0 amide bonds. The zero-order valence-corrected chi connectivity index (χ0v) is 13.2. The maximum absolute atomic E-state index is 3.94. The first-order valence-corrected chi connectivity index (χ1v) is 8.62. The van der Waals surface area contributed by atoms with E-state index < -0.39 is 0 Å². The van der Waals surface area contributed by atoms with Crippen molar-refractivity contribution < 1.29 is 0 Å². The summed E-state index contributed by atoms with van der Waals surface area (Å²) in [5, 5.41) is 3.94. The topological polar surface area (TPSA) is 15.3 Å². The van der Waals surface area contributed by atoms with Gasteiger partial charge >= 0.3 is 0 Å². The molecule has 3 fully saturated rings. The number of nitrogens with zero attached hydrogens (tertiary/aromatic N) is 1. The van der Waals surface area contributed by atoms with Crippen LogP contribution in [-0.4, -0.2) is 35.6 Å². The number of rotatable bonds is 6. The van der Waals surface area contributed by atoms with Gasteiger partial charge in [0, 0.05) is 24.2 Å². The minimum absolute atomic E-state index is 0.400. The first-order chi connectivity index (χ1) is 9.12. The van der Waals surface area contributed by atoms with Crippen molar-refractivity contribution in [2.75, 3.05) is 19.6 Å². The molecule has 2 saturated carbocycles. The van der Waals surface area contributed by atoms with E-state index in [4.69, 9.17) is 0 Å². The summed E-state index contributed by atoms with van der Waals surface area (Å²) < 4.78 is 0. The van der Waals surface area contributed by atoms with Crippen molar-refractivity contribution in [2.45, 2.75) is 76.8 Å². The van der Waals surface area contributed by atoms with Crippen molar-refractivity contribution in [1.82, 2.24) is 10.2 Å². The molecule has 3 rings (SSSR count). The molecule has 2 nitrogen and oxygen atoms in total. The highest BCUT2D eigenvalue weighted by molar-refractivity contribution is 5.08. The lowest BCUT2D eigenvalue weighted by Gasteiger charge is -2.54. The van der Waals surface area contributed by atoms with Gasteiger partial charge in [-0.05, 0) is 57.4 Å². The molecule has 0 aromatic heterocycles. The highest BCUT2D eigenvalue weighted by Gasteiger charge is 2.49. The summed E-state index contributed by atoms with van der Waals surface area (Å²) >= 11 is 0. The Hall–Kier alpha value is -0.0800. The van der Waals surface area contributed by atoms with Crippen LogP contribution in [0.5, 0.6) is 0 Å². The number of nitrogens with one attached hydrogen (secondary N) is 1. The van der Waals surface area contributed by atoms with E-state index >= 15 is 0 Å². The minimum atomic E-state index is 0.400. The second kappa shape index (κ2) is 5.04. The van der Waals surface area contributed by atoms with Gasteiger partial charge in [-0.2, -0.15) is 0 Å². The third-order valence-corrected chi connectivity index (χ3v) is 6.31. The molecule has 1 N–H and O–H groups in total. The summed E-state index contributed by atoms with van der Waals surface area (Å²) in [6.45, 7) is 11.1. The van der Waals surface area contributed by atoms with Crippen LogP contribution in [0.15, 0.2) is 0 Å². The molecule has 0 aromatic carbocycles. The van der Waals surface area contributed by atoms with Crippen LogP contribution in [0, 0.1) is 11.8 Å². The van der Waals surface area contributed by atoms with Crippen molar-refractivity contribution in [3.63, 3.8) is 0 Å². The average Bonchev–Trinajstić information content (AvgIpc) is 3.30. The smallest absolute Gasteiger partial charge is 0.0329 e. The molecular weight excluding hydrogens is 232 g/mol. The summed E-state index contributed by atoms with van der Waals surface area (Å²) in [5.41, 5.74) is 0.834. The van der Waals surface area contributed by atoms with Crippen LogP contribution in [0.4, 0.5) is 0 Å². The van der Waals surface area contributed by atoms with Crippen LogP contribution in [-0.2, 0) is 0 Å². The molecule has 0 bridgehead atoms. The lowest BCUT2D eigenvalue weighted by molar-refractivity contribution is -0.00498. The van der Waals surface area contributed by atoms with Crippen LogP contribution in [0.25, 0.3) is 0 Å². The number of piperazine rings is 1. The van der Waals surface area contributed by atoms with Crippen molar-refractivity contribution in [2.24, 2.45) is 11.8 Å². The Morgan fingerprint density at radius 1 is 1.11 bits per heavy atom. The summed E-state index contributed by atoms with van der Waals surface area (Å²) in [4.78, 5) is 2.88. The molecule has 2 heteroatoms. The Morgan fingerprint density at radius 3 is 2.32 bits per heavy atom. The molecule has 1 saturated heterocycles. The van der Waals surface area contributed by atoms with E-state index in [-0.39, 0.29) is 0 Å². The fourth-order valence-corrected chi connectivity index (χ4v) is 4.10. The third-order valence-electron chi connectivity index (χ3n) is 6.31. The Kier molecular flexibility index (Phi) is 3.68. The fraction of sp³-hybridized carbons (Fsp3) is 1.00. The van der Waals surface area contributed by atoms with Gasteiger partial charge in [-0.25, -0.2) is 0 Å². The molecule has 0 radical (unpaired) electrons. The van der Waals surface area contributed by atoms with E-state index in [2.05, 4.69) is 31.0 Å². The van der Waals surface area contributed by atoms with Gasteiger partial charge in [0.2, 0.25) is 0 Å². The highest BCUT2D eigenvalue weighted by Crippen LogP contribution is 2.44. The van der Waals surface area contributed by atoms with Crippen molar-refractivity contribution in [1.29, 1.82) is 0 Å². The molecule has 110 valence electrons. The standard InChI is InChI=1S/C17H32N2/c1-4-17(5-2)12-18-16(3,15-8-9-15)13-19(17)11-10-14-6-7-14/h14-15,18H,4-13H2,1-3H3. The van der Waals surface area contributed by atoms with Crippen molar-refractivity contribution in [3.8, 4) is 0 Å². The van der Waals surface area contributed by atoms with Gasteiger partial charge in [-0.3, -0.25) is 4.90 Å². The largest absolute Gasteiger partial charge is 0.308 e. The van der Waals surface area contributed by atoms with Crippen LogP contribution < -0.4 is 5.32 Å². The molecule has 3 aliphatic rings. The summed E-state index contributed by atoms with van der Waals surface area (Å²) in [5.74, 6) is 2.01. The Labute approximate surface area is 119 Å². The SMILES string of the molecule is CCC1(CC)CNC(C)(C2CC2)CN1CCC1CC1.